The van der Waals surface area contributed by atoms with Crippen LogP contribution in [0.15, 0.2) is 40.1 Å². The highest BCUT2D eigenvalue weighted by Crippen LogP contribution is 2.31. The number of aromatic nitrogens is 1. The number of hydrogen-bond acceptors (Lipinski definition) is 21. The minimum Gasteiger partial charge on any atom is -0.498 e. The zero-order valence-corrected chi connectivity index (χ0v) is 43.1. The van der Waals surface area contributed by atoms with E-state index in [0.29, 0.717) is 161 Å². The van der Waals surface area contributed by atoms with Gasteiger partial charge in [0.1, 0.15) is 18.1 Å². The van der Waals surface area contributed by atoms with Gasteiger partial charge in [-0.3, -0.25) is 33.9 Å². The third kappa shape index (κ3) is 26.7. The SMILES string of the molecule is CCCNC=O.CCOC1=Cc2ncc(S(=N)(=O)C3CN(C(=O)CCOCCOCCOCCOCCOCCOCCOCCOCCOCCOCCNC(=O)CN4C(=O)C=CC4=O)C3)cc2N=C(N)C1. The maximum absolute atomic E-state index is 13.5. The van der Waals surface area contributed by atoms with Crippen LogP contribution < -0.4 is 16.4 Å². The lowest BCUT2D eigenvalue weighted by atomic mass is 10.2. The van der Waals surface area contributed by atoms with E-state index in [4.69, 9.17) is 62.6 Å². The molecule has 1 unspecified atom stereocenters. The predicted molar refractivity (Wildman–Crippen MR) is 265 cm³/mol. The molecule has 0 radical (unpaired) electrons. The third-order valence-electron chi connectivity index (χ3n) is 10.2. The minimum atomic E-state index is -3.23. The molecule has 4 heterocycles. The Labute approximate surface area is 428 Å². The quantitative estimate of drug-likeness (QED) is 0.0386. The molecule has 0 aromatic carbocycles. The smallest absolute Gasteiger partial charge is 0.254 e. The number of carbonyl (C=O) groups is 5. The number of ether oxygens (including phenoxy) is 11. The molecule has 5 N–H and O–H groups in total. The number of amides is 5. The summed E-state index contributed by atoms with van der Waals surface area (Å²) in [5.41, 5.74) is 7.00. The van der Waals surface area contributed by atoms with E-state index in [1.165, 1.54) is 6.20 Å². The number of aliphatic imine (C=N–C) groups is 1. The molecule has 412 valence electrons. The number of amidine groups is 1. The average molecular weight is 1060 g/mol. The average Bonchev–Trinajstić information content (AvgIpc) is 3.56. The number of imide groups is 1. The van der Waals surface area contributed by atoms with Crippen molar-refractivity contribution < 1.29 is 80.3 Å². The topological polar surface area (TPSA) is 310 Å². The van der Waals surface area contributed by atoms with Crippen molar-refractivity contribution in [3.63, 3.8) is 0 Å². The van der Waals surface area contributed by atoms with E-state index in [9.17, 15) is 28.2 Å². The summed E-state index contributed by atoms with van der Waals surface area (Å²) in [4.78, 5) is 68.3. The summed E-state index contributed by atoms with van der Waals surface area (Å²) in [5.74, 6) is -0.578. The van der Waals surface area contributed by atoms with Gasteiger partial charge in [-0.1, -0.05) is 6.92 Å². The summed E-state index contributed by atoms with van der Waals surface area (Å²) in [6, 6.07) is 1.59. The van der Waals surface area contributed by atoms with E-state index in [1.54, 1.807) is 17.0 Å². The Morgan fingerprint density at radius 2 is 1.21 bits per heavy atom. The molecule has 3 aliphatic rings. The number of fused-ring (bicyclic) bond motifs is 1. The summed E-state index contributed by atoms with van der Waals surface area (Å²) in [6.07, 6.45) is 7.69. The highest BCUT2D eigenvalue weighted by Gasteiger charge is 2.38. The van der Waals surface area contributed by atoms with E-state index in [2.05, 4.69) is 20.6 Å². The molecule has 5 amide bonds. The van der Waals surface area contributed by atoms with E-state index in [1.807, 2.05) is 13.8 Å². The van der Waals surface area contributed by atoms with Crippen molar-refractivity contribution in [3.05, 3.63) is 35.9 Å². The van der Waals surface area contributed by atoms with Crippen molar-refractivity contribution >= 4 is 57.4 Å². The van der Waals surface area contributed by atoms with Gasteiger partial charge in [0.25, 0.3) is 11.8 Å². The highest BCUT2D eigenvalue weighted by molar-refractivity contribution is 7.93. The molecule has 4 rings (SSSR count). The van der Waals surface area contributed by atoms with Crippen molar-refractivity contribution in [1.29, 1.82) is 4.78 Å². The van der Waals surface area contributed by atoms with Crippen LogP contribution in [0, 0.1) is 4.78 Å². The van der Waals surface area contributed by atoms with Gasteiger partial charge in [0.2, 0.25) is 18.2 Å². The van der Waals surface area contributed by atoms with Crippen LogP contribution in [0.1, 0.15) is 38.8 Å². The van der Waals surface area contributed by atoms with Gasteiger partial charge < -0.3 is 73.4 Å². The minimum absolute atomic E-state index is 0.121. The van der Waals surface area contributed by atoms with E-state index in [-0.39, 0.29) is 56.6 Å². The number of likely N-dealkylation sites (tertiary alicyclic amines) is 1. The molecular weight excluding hydrogens is 981 g/mol. The molecule has 1 aromatic rings. The maximum Gasteiger partial charge on any atom is 0.254 e. The van der Waals surface area contributed by atoms with Crippen LogP contribution in [0.3, 0.4) is 0 Å². The molecule has 0 bridgehead atoms. The second-order valence-electron chi connectivity index (χ2n) is 15.8. The van der Waals surface area contributed by atoms with Crippen LogP contribution in [0.2, 0.25) is 0 Å². The Balaban J connectivity index is 0.00000220. The number of nitrogens with two attached hydrogens (primary N) is 1. The van der Waals surface area contributed by atoms with Gasteiger partial charge >= 0.3 is 0 Å². The van der Waals surface area contributed by atoms with Crippen molar-refractivity contribution in [2.24, 2.45) is 10.7 Å². The van der Waals surface area contributed by atoms with E-state index >= 15 is 0 Å². The lowest BCUT2D eigenvalue weighted by Gasteiger charge is -2.40. The first-order chi connectivity index (χ1) is 35.5. The summed E-state index contributed by atoms with van der Waals surface area (Å²) >= 11 is 0. The molecule has 1 aromatic heterocycles. The zero-order chi connectivity index (χ0) is 52.8. The number of carbonyl (C=O) groups excluding carboxylic acids is 5. The predicted octanol–water partition coefficient (Wildman–Crippen LogP) is 0.208. The fourth-order valence-electron chi connectivity index (χ4n) is 6.36. The van der Waals surface area contributed by atoms with Crippen molar-refractivity contribution in [2.75, 3.05) is 171 Å². The molecule has 0 saturated carbocycles. The molecule has 1 fully saturated rings. The first-order valence-electron chi connectivity index (χ1n) is 24.5. The summed E-state index contributed by atoms with van der Waals surface area (Å²) in [6.45, 7) is 13.5. The molecule has 0 aliphatic carbocycles. The summed E-state index contributed by atoms with van der Waals surface area (Å²) < 4.78 is 82.5. The Bertz CT molecular complexity index is 1970. The largest absolute Gasteiger partial charge is 0.498 e. The van der Waals surface area contributed by atoms with Gasteiger partial charge in [-0.25, -0.2) is 14.0 Å². The first kappa shape index (κ1) is 62.3. The van der Waals surface area contributed by atoms with Crippen LogP contribution >= 0.6 is 0 Å². The van der Waals surface area contributed by atoms with Gasteiger partial charge in [-0.15, -0.1) is 0 Å². The molecule has 1 atom stereocenters. The van der Waals surface area contributed by atoms with E-state index < -0.39 is 32.7 Å². The lowest BCUT2D eigenvalue weighted by Crippen LogP contribution is -2.56. The fourth-order valence-corrected chi connectivity index (χ4v) is 8.02. The fraction of sp³-hybridized carbons (Fsp3) is 0.681. The van der Waals surface area contributed by atoms with Crippen LogP contribution in [-0.4, -0.2) is 232 Å². The maximum atomic E-state index is 13.5. The van der Waals surface area contributed by atoms with Crippen LogP contribution in [0.5, 0.6) is 0 Å². The molecule has 73 heavy (non-hydrogen) atoms. The van der Waals surface area contributed by atoms with Crippen molar-refractivity contribution in [3.8, 4) is 0 Å². The number of rotatable bonds is 42. The lowest BCUT2D eigenvalue weighted by molar-refractivity contribution is -0.141. The number of hydrogen-bond donors (Lipinski definition) is 4. The highest BCUT2D eigenvalue weighted by atomic mass is 32.2. The summed E-state index contributed by atoms with van der Waals surface area (Å²) in [5, 5.41) is 4.59. The molecule has 1 saturated heterocycles. The normalized spacial score (nSPS) is 15.1. The second-order valence-corrected chi connectivity index (χ2v) is 18.2. The van der Waals surface area contributed by atoms with Crippen LogP contribution in [0.25, 0.3) is 6.08 Å². The zero-order valence-electron chi connectivity index (χ0n) is 42.3. The van der Waals surface area contributed by atoms with Gasteiger partial charge in [-0.05, 0) is 19.4 Å². The third-order valence-corrected chi connectivity index (χ3v) is 12.4. The van der Waals surface area contributed by atoms with Crippen LogP contribution in [0.4, 0.5) is 5.69 Å². The summed E-state index contributed by atoms with van der Waals surface area (Å²) in [7, 11) is -3.23. The Morgan fingerprint density at radius 1 is 0.740 bits per heavy atom. The standard InChI is InChI=1S/C43H67N7O16S.C4H9NO/c1-2-66-34-27-37-38(48-39(44)28-34)29-35(30-47-37)67(45,55)36-31-49(32-36)41(52)5-7-56-9-11-58-13-15-60-17-19-62-21-23-64-25-26-65-24-22-63-20-18-61-16-14-59-12-10-57-8-6-46-40(51)33-50-42(53)3-4-43(50)54;1-2-3-5-4-6/h3-4,27,29-30,36,45H,2,5-26,28,31-33H2,1H3,(H2,44,48)(H,46,51);4H,2-3H2,1H3,(H,5,6). The van der Waals surface area contributed by atoms with Crippen molar-refractivity contribution in [1.82, 2.24) is 25.4 Å². The van der Waals surface area contributed by atoms with Gasteiger partial charge in [0.05, 0.1) is 183 Å². The molecule has 26 heteroatoms. The first-order valence-corrected chi connectivity index (χ1v) is 26.1. The molecule has 25 nitrogen and oxygen atoms in total. The monoisotopic (exact) mass is 1060 g/mol. The number of pyridine rings is 1. The van der Waals surface area contributed by atoms with Gasteiger partial charge in [0.15, 0.2) is 0 Å². The molecule has 0 spiro atoms. The molecular formula is C47H76N8O17S. The van der Waals surface area contributed by atoms with Crippen LogP contribution in [-0.2, 0) is 85.8 Å². The number of nitrogens with zero attached hydrogens (tertiary/aromatic N) is 4. The van der Waals surface area contributed by atoms with Crippen molar-refractivity contribution in [2.45, 2.75) is 43.3 Å². The van der Waals surface area contributed by atoms with Gasteiger partial charge in [0, 0.05) is 50.6 Å². The van der Waals surface area contributed by atoms with Gasteiger partial charge in [-0.2, -0.15) is 0 Å². The van der Waals surface area contributed by atoms with E-state index in [0.717, 1.165) is 30.0 Å². The Kier molecular flexibility index (Phi) is 32.9. The Hall–Kier alpha value is -5.00. The number of nitrogens with one attached hydrogen (secondary N) is 3. The molecule has 3 aliphatic heterocycles. The Morgan fingerprint density at radius 3 is 1.64 bits per heavy atom. The second kappa shape index (κ2) is 38.6.